The van der Waals surface area contributed by atoms with Crippen LogP contribution in [0.25, 0.3) is 0 Å². The van der Waals surface area contributed by atoms with Gasteiger partial charge in [-0.3, -0.25) is 4.79 Å². The molecule has 0 aromatic heterocycles. The molecule has 1 saturated carbocycles. The maximum atomic E-state index is 11.1. The standard InChI is InChI=1S/C22H27NO3/c24-21(17-6-2-1-3-7-17)14-9-16-5-4-8-20(15-16)23-19-12-10-18(11-13-19)22(25)26/h1-8,15,18-19,21,23-24H,9-14H2,(H,25,26). The lowest BCUT2D eigenvalue weighted by molar-refractivity contribution is -0.142. The first-order valence-electron chi connectivity index (χ1n) is 9.43. The van der Waals surface area contributed by atoms with Gasteiger partial charge in [0.25, 0.3) is 0 Å². The van der Waals surface area contributed by atoms with Crippen molar-refractivity contribution in [3.63, 3.8) is 0 Å². The summed E-state index contributed by atoms with van der Waals surface area (Å²) in [6.45, 7) is 0. The Kier molecular flexibility index (Phi) is 6.29. The minimum Gasteiger partial charge on any atom is -0.481 e. The Bertz CT molecular complexity index is 708. The molecule has 0 saturated heterocycles. The smallest absolute Gasteiger partial charge is 0.306 e. The highest BCUT2D eigenvalue weighted by Crippen LogP contribution is 2.27. The highest BCUT2D eigenvalue weighted by molar-refractivity contribution is 5.70. The van der Waals surface area contributed by atoms with E-state index in [9.17, 15) is 9.90 Å². The zero-order valence-electron chi connectivity index (χ0n) is 15.0. The summed E-state index contributed by atoms with van der Waals surface area (Å²) < 4.78 is 0. The largest absolute Gasteiger partial charge is 0.481 e. The van der Waals surface area contributed by atoms with Crippen LogP contribution in [0.4, 0.5) is 5.69 Å². The van der Waals surface area contributed by atoms with E-state index >= 15 is 0 Å². The maximum Gasteiger partial charge on any atom is 0.306 e. The molecule has 138 valence electrons. The van der Waals surface area contributed by atoms with Gasteiger partial charge >= 0.3 is 5.97 Å². The molecular weight excluding hydrogens is 326 g/mol. The predicted molar refractivity (Wildman–Crippen MR) is 103 cm³/mol. The molecule has 2 aromatic rings. The molecule has 0 heterocycles. The first-order valence-corrected chi connectivity index (χ1v) is 9.43. The van der Waals surface area contributed by atoms with Crippen molar-refractivity contribution in [1.29, 1.82) is 0 Å². The van der Waals surface area contributed by atoms with Crippen LogP contribution in [0.5, 0.6) is 0 Å². The third-order valence-electron chi connectivity index (χ3n) is 5.26. The average Bonchev–Trinajstić information content (AvgIpc) is 2.67. The number of aryl methyl sites for hydroxylation is 1. The van der Waals surface area contributed by atoms with Crippen LogP contribution in [0.1, 0.15) is 49.3 Å². The van der Waals surface area contributed by atoms with Crippen molar-refractivity contribution in [1.82, 2.24) is 0 Å². The lowest BCUT2D eigenvalue weighted by Gasteiger charge is -2.27. The van der Waals surface area contributed by atoms with Gasteiger partial charge in [0.05, 0.1) is 12.0 Å². The van der Waals surface area contributed by atoms with E-state index in [1.54, 1.807) is 0 Å². The highest BCUT2D eigenvalue weighted by Gasteiger charge is 2.25. The zero-order valence-corrected chi connectivity index (χ0v) is 15.0. The third kappa shape index (κ3) is 5.09. The Morgan fingerprint density at radius 3 is 2.46 bits per heavy atom. The second kappa shape index (κ2) is 8.86. The Morgan fingerprint density at radius 1 is 1.04 bits per heavy atom. The predicted octanol–water partition coefficient (Wildman–Crippen LogP) is 4.41. The van der Waals surface area contributed by atoms with Crippen LogP contribution in [0, 0.1) is 5.92 Å². The molecular formula is C22H27NO3. The number of rotatable bonds is 7. The molecule has 0 spiro atoms. The summed E-state index contributed by atoms with van der Waals surface area (Å²) in [6.07, 6.45) is 4.35. The first-order chi connectivity index (χ1) is 12.6. The summed E-state index contributed by atoms with van der Waals surface area (Å²) in [6, 6.07) is 18.4. The van der Waals surface area contributed by atoms with Crippen molar-refractivity contribution in [3.05, 3.63) is 65.7 Å². The molecule has 0 radical (unpaired) electrons. The van der Waals surface area contributed by atoms with Crippen molar-refractivity contribution in [2.75, 3.05) is 5.32 Å². The number of aliphatic hydroxyl groups is 1. The molecule has 0 aliphatic heterocycles. The van der Waals surface area contributed by atoms with E-state index in [4.69, 9.17) is 5.11 Å². The summed E-state index contributed by atoms with van der Waals surface area (Å²) in [7, 11) is 0. The normalized spacial score (nSPS) is 21.1. The number of aliphatic hydroxyl groups excluding tert-OH is 1. The Hall–Kier alpha value is -2.33. The summed E-state index contributed by atoms with van der Waals surface area (Å²) in [4.78, 5) is 11.1. The third-order valence-corrected chi connectivity index (χ3v) is 5.26. The van der Waals surface area contributed by atoms with Crippen LogP contribution >= 0.6 is 0 Å². The fourth-order valence-corrected chi connectivity index (χ4v) is 3.68. The van der Waals surface area contributed by atoms with Gasteiger partial charge in [-0.1, -0.05) is 42.5 Å². The zero-order chi connectivity index (χ0) is 18.4. The number of hydrogen-bond acceptors (Lipinski definition) is 3. The van der Waals surface area contributed by atoms with E-state index in [-0.39, 0.29) is 5.92 Å². The minimum atomic E-state index is -0.664. The Labute approximate surface area is 154 Å². The van der Waals surface area contributed by atoms with Gasteiger partial charge in [0.15, 0.2) is 0 Å². The van der Waals surface area contributed by atoms with E-state index < -0.39 is 12.1 Å². The van der Waals surface area contributed by atoms with Gasteiger partial charge in [-0.2, -0.15) is 0 Å². The van der Waals surface area contributed by atoms with Crippen molar-refractivity contribution in [3.8, 4) is 0 Å². The molecule has 1 fully saturated rings. The number of carbonyl (C=O) groups is 1. The summed E-state index contributed by atoms with van der Waals surface area (Å²) >= 11 is 0. The van der Waals surface area contributed by atoms with Crippen LogP contribution in [0.3, 0.4) is 0 Å². The van der Waals surface area contributed by atoms with Crippen LogP contribution in [0.15, 0.2) is 54.6 Å². The number of anilines is 1. The van der Waals surface area contributed by atoms with Gasteiger partial charge in [-0.15, -0.1) is 0 Å². The summed E-state index contributed by atoms with van der Waals surface area (Å²) in [5.74, 6) is -0.846. The molecule has 4 nitrogen and oxygen atoms in total. The van der Waals surface area contributed by atoms with Gasteiger partial charge in [0.2, 0.25) is 0 Å². The monoisotopic (exact) mass is 353 g/mol. The topological polar surface area (TPSA) is 69.6 Å². The van der Waals surface area contributed by atoms with Crippen LogP contribution in [-0.4, -0.2) is 22.2 Å². The van der Waals surface area contributed by atoms with Gasteiger partial charge in [-0.05, 0) is 61.8 Å². The second-order valence-electron chi connectivity index (χ2n) is 7.20. The Morgan fingerprint density at radius 2 is 1.77 bits per heavy atom. The maximum absolute atomic E-state index is 11.1. The van der Waals surface area contributed by atoms with E-state index in [0.29, 0.717) is 12.5 Å². The number of benzene rings is 2. The quantitative estimate of drug-likeness (QED) is 0.690. The molecule has 0 bridgehead atoms. The van der Waals surface area contributed by atoms with Crippen molar-refractivity contribution < 1.29 is 15.0 Å². The van der Waals surface area contributed by atoms with Crippen LogP contribution in [0.2, 0.25) is 0 Å². The van der Waals surface area contributed by atoms with Gasteiger partial charge < -0.3 is 15.5 Å². The van der Waals surface area contributed by atoms with Gasteiger partial charge in [-0.25, -0.2) is 0 Å². The number of nitrogens with one attached hydrogen (secondary N) is 1. The molecule has 26 heavy (non-hydrogen) atoms. The van der Waals surface area contributed by atoms with E-state index in [2.05, 4.69) is 23.5 Å². The highest BCUT2D eigenvalue weighted by atomic mass is 16.4. The molecule has 1 atom stereocenters. The molecule has 1 aliphatic rings. The van der Waals surface area contributed by atoms with Crippen LogP contribution < -0.4 is 5.32 Å². The van der Waals surface area contributed by atoms with E-state index in [1.165, 1.54) is 5.56 Å². The lowest BCUT2D eigenvalue weighted by atomic mass is 9.86. The fraction of sp³-hybridized carbons (Fsp3) is 0.409. The molecule has 2 aromatic carbocycles. The number of aliphatic carboxylic acids is 1. The minimum absolute atomic E-state index is 0.182. The molecule has 1 unspecified atom stereocenters. The molecule has 3 rings (SSSR count). The average molecular weight is 353 g/mol. The first kappa shape index (κ1) is 18.5. The number of carboxylic acid groups (broad SMARTS) is 1. The lowest BCUT2D eigenvalue weighted by Crippen LogP contribution is -2.29. The van der Waals surface area contributed by atoms with E-state index in [0.717, 1.165) is 43.4 Å². The number of hydrogen-bond donors (Lipinski definition) is 3. The fourth-order valence-electron chi connectivity index (χ4n) is 3.68. The van der Waals surface area contributed by atoms with E-state index in [1.807, 2.05) is 36.4 Å². The van der Waals surface area contributed by atoms with Crippen molar-refractivity contribution in [2.45, 2.75) is 50.7 Å². The second-order valence-corrected chi connectivity index (χ2v) is 7.20. The summed E-state index contributed by atoms with van der Waals surface area (Å²) in [5, 5.41) is 23.0. The van der Waals surface area contributed by atoms with Gasteiger partial charge in [0.1, 0.15) is 0 Å². The van der Waals surface area contributed by atoms with Crippen LogP contribution in [-0.2, 0) is 11.2 Å². The molecule has 0 amide bonds. The molecule has 3 N–H and O–H groups in total. The molecule has 1 aliphatic carbocycles. The van der Waals surface area contributed by atoms with Crippen molar-refractivity contribution >= 4 is 11.7 Å². The Balaban J connectivity index is 1.51. The van der Waals surface area contributed by atoms with Crippen molar-refractivity contribution in [2.24, 2.45) is 5.92 Å². The SMILES string of the molecule is O=C(O)C1CCC(Nc2cccc(CCC(O)c3ccccc3)c2)CC1. The van der Waals surface area contributed by atoms with Gasteiger partial charge in [0, 0.05) is 11.7 Å². The summed E-state index contributed by atoms with van der Waals surface area (Å²) in [5.41, 5.74) is 3.23. The number of carboxylic acids is 1. The molecule has 4 heteroatoms.